The Kier molecular flexibility index (Phi) is 4.91. The zero-order valence-electron chi connectivity index (χ0n) is 14.7. The van der Waals surface area contributed by atoms with Crippen LogP contribution in [0, 0.1) is 0 Å². The second-order valence-corrected chi connectivity index (χ2v) is 6.94. The summed E-state index contributed by atoms with van der Waals surface area (Å²) in [6, 6.07) is 18.0. The highest BCUT2D eigenvalue weighted by atomic mass is 35.5. The fourth-order valence-electron chi connectivity index (χ4n) is 3.31. The zero-order chi connectivity index (χ0) is 17.9. The summed E-state index contributed by atoms with van der Waals surface area (Å²) >= 11 is 6.11. The van der Waals surface area contributed by atoms with Crippen molar-refractivity contribution in [2.24, 2.45) is 0 Å². The quantitative estimate of drug-likeness (QED) is 0.688. The minimum Gasteiger partial charge on any atom is -0.369 e. The Morgan fingerprint density at radius 1 is 1.00 bits per heavy atom. The first-order chi connectivity index (χ1) is 12.7. The van der Waals surface area contributed by atoms with E-state index in [1.807, 2.05) is 48.5 Å². The first kappa shape index (κ1) is 17.1. The number of piperazine rings is 1. The summed E-state index contributed by atoms with van der Waals surface area (Å²) in [5.41, 5.74) is 2.15. The number of hydrogen-bond acceptors (Lipinski definition) is 5. The van der Waals surface area contributed by atoms with Gasteiger partial charge in [0.25, 0.3) is 0 Å². The SMILES string of the molecule is C[C@@H](c1nc(-c2ccccc2)no1)N1CCN(c2cccc(Cl)c2)CC1. The molecule has 1 aromatic heterocycles. The number of aromatic nitrogens is 2. The molecule has 1 fully saturated rings. The number of halogens is 1. The Morgan fingerprint density at radius 3 is 2.50 bits per heavy atom. The molecule has 0 spiro atoms. The molecule has 2 aromatic carbocycles. The molecule has 0 amide bonds. The molecule has 0 radical (unpaired) electrons. The summed E-state index contributed by atoms with van der Waals surface area (Å²) in [5.74, 6) is 1.31. The first-order valence-electron chi connectivity index (χ1n) is 8.84. The molecule has 1 atom stereocenters. The lowest BCUT2D eigenvalue weighted by Crippen LogP contribution is -2.47. The van der Waals surface area contributed by atoms with Gasteiger partial charge in [0.05, 0.1) is 6.04 Å². The van der Waals surface area contributed by atoms with Crippen molar-refractivity contribution in [3.8, 4) is 11.4 Å². The molecule has 4 rings (SSSR count). The van der Waals surface area contributed by atoms with E-state index in [0.717, 1.165) is 36.8 Å². The monoisotopic (exact) mass is 368 g/mol. The molecule has 1 aliphatic rings. The highest BCUT2D eigenvalue weighted by molar-refractivity contribution is 6.30. The van der Waals surface area contributed by atoms with Gasteiger partial charge in [0.1, 0.15) is 0 Å². The summed E-state index contributed by atoms with van der Waals surface area (Å²) in [5, 5.41) is 4.91. The van der Waals surface area contributed by atoms with Crippen molar-refractivity contribution in [2.45, 2.75) is 13.0 Å². The van der Waals surface area contributed by atoms with Gasteiger partial charge in [-0.3, -0.25) is 4.90 Å². The molecular weight excluding hydrogens is 348 g/mol. The molecule has 2 heterocycles. The van der Waals surface area contributed by atoms with E-state index in [-0.39, 0.29) is 6.04 Å². The van der Waals surface area contributed by atoms with Crippen LogP contribution in [0.15, 0.2) is 59.1 Å². The number of hydrogen-bond donors (Lipinski definition) is 0. The largest absolute Gasteiger partial charge is 0.369 e. The second-order valence-electron chi connectivity index (χ2n) is 6.50. The Balaban J connectivity index is 1.41. The van der Waals surface area contributed by atoms with E-state index in [1.54, 1.807) is 0 Å². The van der Waals surface area contributed by atoms with Gasteiger partial charge in [-0.15, -0.1) is 0 Å². The number of rotatable bonds is 4. The second kappa shape index (κ2) is 7.48. The standard InChI is InChI=1S/C20H21ClN4O/c1-15(20-22-19(23-26-20)16-6-3-2-4-7-16)24-10-12-25(13-11-24)18-9-5-8-17(21)14-18/h2-9,14-15H,10-13H2,1H3/t15-/m0/s1. The molecular formula is C20H21ClN4O. The van der Waals surface area contributed by atoms with Gasteiger partial charge in [0.15, 0.2) is 0 Å². The average Bonchev–Trinajstić information content (AvgIpc) is 3.18. The predicted octanol–water partition coefficient (Wildman–Crippen LogP) is 4.27. The van der Waals surface area contributed by atoms with Gasteiger partial charge in [-0.2, -0.15) is 4.98 Å². The molecule has 0 unspecified atom stereocenters. The lowest BCUT2D eigenvalue weighted by Gasteiger charge is -2.38. The van der Waals surface area contributed by atoms with Crippen molar-refractivity contribution >= 4 is 17.3 Å². The van der Waals surface area contributed by atoms with Crippen LogP contribution in [0.4, 0.5) is 5.69 Å². The smallest absolute Gasteiger partial charge is 0.244 e. The summed E-state index contributed by atoms with van der Waals surface area (Å²) in [4.78, 5) is 9.33. The summed E-state index contributed by atoms with van der Waals surface area (Å²) in [6.45, 7) is 5.90. The van der Waals surface area contributed by atoms with Crippen molar-refractivity contribution in [1.82, 2.24) is 15.0 Å². The van der Waals surface area contributed by atoms with E-state index in [2.05, 4.69) is 32.9 Å². The van der Waals surface area contributed by atoms with Crippen LogP contribution < -0.4 is 4.90 Å². The maximum atomic E-state index is 6.11. The van der Waals surface area contributed by atoms with E-state index in [1.165, 1.54) is 5.69 Å². The van der Waals surface area contributed by atoms with Crippen LogP contribution in [0.1, 0.15) is 18.9 Å². The lowest BCUT2D eigenvalue weighted by molar-refractivity contribution is 0.164. The molecule has 1 saturated heterocycles. The van der Waals surface area contributed by atoms with Gasteiger partial charge in [-0.25, -0.2) is 0 Å². The molecule has 134 valence electrons. The minimum atomic E-state index is 0.0986. The van der Waals surface area contributed by atoms with Crippen LogP contribution in [-0.2, 0) is 0 Å². The molecule has 0 N–H and O–H groups in total. The van der Waals surface area contributed by atoms with Crippen LogP contribution >= 0.6 is 11.6 Å². The third kappa shape index (κ3) is 3.59. The average molecular weight is 369 g/mol. The van der Waals surface area contributed by atoms with Gasteiger partial charge in [0.2, 0.25) is 11.7 Å². The molecule has 3 aromatic rings. The molecule has 5 nitrogen and oxygen atoms in total. The summed E-state index contributed by atoms with van der Waals surface area (Å²) in [6.07, 6.45) is 0. The van der Waals surface area contributed by atoms with E-state index in [0.29, 0.717) is 11.7 Å². The maximum absolute atomic E-state index is 6.11. The van der Waals surface area contributed by atoms with Gasteiger partial charge in [-0.05, 0) is 25.1 Å². The van der Waals surface area contributed by atoms with Crippen LogP contribution in [0.3, 0.4) is 0 Å². The topological polar surface area (TPSA) is 45.4 Å². The minimum absolute atomic E-state index is 0.0986. The van der Waals surface area contributed by atoms with Crippen LogP contribution in [0.5, 0.6) is 0 Å². The third-order valence-corrected chi connectivity index (χ3v) is 5.10. The highest BCUT2D eigenvalue weighted by Gasteiger charge is 2.26. The van der Waals surface area contributed by atoms with E-state index < -0.39 is 0 Å². The predicted molar refractivity (Wildman–Crippen MR) is 103 cm³/mol. The third-order valence-electron chi connectivity index (χ3n) is 4.87. The van der Waals surface area contributed by atoms with E-state index in [9.17, 15) is 0 Å². The van der Waals surface area contributed by atoms with Crippen molar-refractivity contribution in [2.75, 3.05) is 31.1 Å². The van der Waals surface area contributed by atoms with Crippen molar-refractivity contribution < 1.29 is 4.52 Å². The van der Waals surface area contributed by atoms with Crippen LogP contribution in [0.2, 0.25) is 5.02 Å². The fraction of sp³-hybridized carbons (Fsp3) is 0.300. The zero-order valence-corrected chi connectivity index (χ0v) is 15.4. The van der Waals surface area contributed by atoms with Crippen molar-refractivity contribution in [3.63, 3.8) is 0 Å². The van der Waals surface area contributed by atoms with Crippen molar-refractivity contribution in [3.05, 3.63) is 65.5 Å². The van der Waals surface area contributed by atoms with Crippen LogP contribution in [0.25, 0.3) is 11.4 Å². The molecule has 1 aliphatic heterocycles. The summed E-state index contributed by atoms with van der Waals surface area (Å²) < 4.78 is 5.53. The lowest BCUT2D eigenvalue weighted by atomic mass is 10.2. The van der Waals surface area contributed by atoms with Gasteiger partial charge >= 0.3 is 0 Å². The van der Waals surface area contributed by atoms with Crippen LogP contribution in [-0.4, -0.2) is 41.2 Å². The Labute approximate surface area is 158 Å². The molecule has 0 bridgehead atoms. The van der Waals surface area contributed by atoms with E-state index >= 15 is 0 Å². The Hall–Kier alpha value is -2.37. The highest BCUT2D eigenvalue weighted by Crippen LogP contribution is 2.26. The van der Waals surface area contributed by atoms with Gasteiger partial charge in [0, 0.05) is 42.5 Å². The maximum Gasteiger partial charge on any atom is 0.244 e. The Bertz CT molecular complexity index is 859. The van der Waals surface area contributed by atoms with Crippen molar-refractivity contribution in [1.29, 1.82) is 0 Å². The number of anilines is 1. The Morgan fingerprint density at radius 2 is 1.77 bits per heavy atom. The normalized spacial score (nSPS) is 16.6. The molecule has 0 aliphatic carbocycles. The first-order valence-corrected chi connectivity index (χ1v) is 9.22. The molecule has 6 heteroatoms. The fourth-order valence-corrected chi connectivity index (χ4v) is 3.49. The van der Waals surface area contributed by atoms with Gasteiger partial charge in [-0.1, -0.05) is 53.2 Å². The molecule has 26 heavy (non-hydrogen) atoms. The van der Waals surface area contributed by atoms with E-state index in [4.69, 9.17) is 16.1 Å². The number of benzene rings is 2. The van der Waals surface area contributed by atoms with Gasteiger partial charge < -0.3 is 9.42 Å². The number of nitrogens with zero attached hydrogens (tertiary/aromatic N) is 4. The summed E-state index contributed by atoms with van der Waals surface area (Å²) in [7, 11) is 0. The molecule has 0 saturated carbocycles.